The summed E-state index contributed by atoms with van der Waals surface area (Å²) in [6, 6.07) is 7.82. The highest BCUT2D eigenvalue weighted by Crippen LogP contribution is 2.14. The molecule has 1 aromatic carbocycles. The van der Waals surface area contributed by atoms with Gasteiger partial charge in [0, 0.05) is 51.7 Å². The van der Waals surface area contributed by atoms with E-state index in [1.807, 2.05) is 55.4 Å². The molecule has 0 bridgehead atoms. The van der Waals surface area contributed by atoms with Crippen molar-refractivity contribution in [1.82, 2.24) is 19.4 Å². The van der Waals surface area contributed by atoms with Crippen LogP contribution < -0.4 is 4.74 Å². The molecule has 1 aliphatic heterocycles. The molecule has 0 radical (unpaired) electrons. The summed E-state index contributed by atoms with van der Waals surface area (Å²) < 4.78 is 7.61. The summed E-state index contributed by atoms with van der Waals surface area (Å²) in [6.07, 6.45) is 4.32. The van der Waals surface area contributed by atoms with Gasteiger partial charge in [-0.3, -0.25) is 9.69 Å². The van der Waals surface area contributed by atoms with Crippen molar-refractivity contribution in [3.63, 3.8) is 0 Å². The van der Waals surface area contributed by atoms with E-state index in [4.69, 9.17) is 4.74 Å². The van der Waals surface area contributed by atoms with Crippen LogP contribution in [0.1, 0.15) is 18.3 Å². The third kappa shape index (κ3) is 4.85. The summed E-state index contributed by atoms with van der Waals surface area (Å²) in [5.74, 6) is 2.11. The molecular weight excluding hydrogens is 328 g/mol. The number of imidazole rings is 1. The van der Waals surface area contributed by atoms with Gasteiger partial charge in [-0.25, -0.2) is 4.98 Å². The predicted octanol–water partition coefficient (Wildman–Crippen LogP) is 1.98. The fourth-order valence-corrected chi connectivity index (χ4v) is 3.27. The van der Waals surface area contributed by atoms with Crippen LogP contribution in [0.3, 0.4) is 0 Å². The molecule has 1 fully saturated rings. The Morgan fingerprint density at radius 1 is 1.12 bits per heavy atom. The summed E-state index contributed by atoms with van der Waals surface area (Å²) in [6.45, 7) is 10.1. The van der Waals surface area contributed by atoms with E-state index in [0.29, 0.717) is 13.0 Å². The van der Waals surface area contributed by atoms with Gasteiger partial charge in [0.2, 0.25) is 5.91 Å². The van der Waals surface area contributed by atoms with Crippen molar-refractivity contribution in [2.75, 3.05) is 39.3 Å². The zero-order valence-corrected chi connectivity index (χ0v) is 15.7. The van der Waals surface area contributed by atoms with Gasteiger partial charge in [0.25, 0.3) is 0 Å². The number of carbonyl (C=O) groups excluding carboxylic acids is 1. The Hall–Kier alpha value is -2.34. The van der Waals surface area contributed by atoms with Crippen LogP contribution in [0.2, 0.25) is 0 Å². The number of amides is 1. The molecule has 0 spiro atoms. The van der Waals surface area contributed by atoms with E-state index in [9.17, 15) is 4.79 Å². The molecule has 2 aromatic rings. The Morgan fingerprint density at radius 3 is 2.46 bits per heavy atom. The molecule has 1 aromatic heterocycles. The van der Waals surface area contributed by atoms with Crippen molar-refractivity contribution in [2.24, 2.45) is 0 Å². The van der Waals surface area contributed by atoms with Gasteiger partial charge in [-0.2, -0.15) is 0 Å². The van der Waals surface area contributed by atoms with Crippen molar-refractivity contribution >= 4 is 5.91 Å². The first kappa shape index (κ1) is 18.5. The number of rotatable bonds is 7. The molecule has 1 saturated heterocycles. The van der Waals surface area contributed by atoms with Gasteiger partial charge in [0.1, 0.15) is 11.6 Å². The first-order chi connectivity index (χ1) is 12.7. The van der Waals surface area contributed by atoms with E-state index in [0.717, 1.165) is 56.4 Å². The van der Waals surface area contributed by atoms with Gasteiger partial charge in [0.05, 0.1) is 13.0 Å². The average Bonchev–Trinajstić information content (AvgIpc) is 3.07. The standard InChI is InChI=1S/C20H28N4O2/c1-3-26-19-6-4-18(5-7-19)16-20(25)24-14-11-22(12-15-24)10-13-23-9-8-21-17(23)2/h4-9H,3,10-16H2,1-2H3. The number of hydrogen-bond acceptors (Lipinski definition) is 4. The fraction of sp³-hybridized carbons (Fsp3) is 0.500. The first-order valence-electron chi connectivity index (χ1n) is 9.35. The summed E-state index contributed by atoms with van der Waals surface area (Å²) in [5, 5.41) is 0. The van der Waals surface area contributed by atoms with Crippen molar-refractivity contribution in [3.05, 3.63) is 48.0 Å². The van der Waals surface area contributed by atoms with Crippen LogP contribution in [-0.2, 0) is 17.8 Å². The second-order valence-electron chi connectivity index (χ2n) is 6.64. The molecular formula is C20H28N4O2. The molecule has 0 unspecified atom stereocenters. The van der Waals surface area contributed by atoms with Crippen LogP contribution in [0.25, 0.3) is 0 Å². The molecule has 1 amide bonds. The van der Waals surface area contributed by atoms with Gasteiger partial charge >= 0.3 is 0 Å². The molecule has 2 heterocycles. The molecule has 6 nitrogen and oxygen atoms in total. The molecule has 3 rings (SSSR count). The minimum atomic E-state index is 0.208. The second-order valence-corrected chi connectivity index (χ2v) is 6.64. The normalized spacial score (nSPS) is 15.2. The average molecular weight is 356 g/mol. The Balaban J connectivity index is 1.42. The molecule has 0 N–H and O–H groups in total. The largest absolute Gasteiger partial charge is 0.494 e. The van der Waals surface area contributed by atoms with Crippen LogP contribution in [0, 0.1) is 6.92 Å². The van der Waals surface area contributed by atoms with E-state index in [1.165, 1.54) is 0 Å². The van der Waals surface area contributed by atoms with E-state index in [1.54, 1.807) is 0 Å². The smallest absolute Gasteiger partial charge is 0.227 e. The van der Waals surface area contributed by atoms with Crippen LogP contribution in [0.15, 0.2) is 36.7 Å². The van der Waals surface area contributed by atoms with E-state index in [2.05, 4.69) is 14.5 Å². The van der Waals surface area contributed by atoms with E-state index in [-0.39, 0.29) is 5.91 Å². The minimum Gasteiger partial charge on any atom is -0.494 e. The van der Waals surface area contributed by atoms with Crippen LogP contribution in [-0.4, -0.2) is 64.6 Å². The van der Waals surface area contributed by atoms with Crippen molar-refractivity contribution in [2.45, 2.75) is 26.8 Å². The highest BCUT2D eigenvalue weighted by molar-refractivity contribution is 5.78. The third-order valence-corrected chi connectivity index (χ3v) is 4.90. The predicted molar refractivity (Wildman–Crippen MR) is 101 cm³/mol. The van der Waals surface area contributed by atoms with Crippen LogP contribution in [0.4, 0.5) is 0 Å². The van der Waals surface area contributed by atoms with Crippen LogP contribution >= 0.6 is 0 Å². The highest BCUT2D eigenvalue weighted by Gasteiger charge is 2.21. The molecule has 6 heteroatoms. The first-order valence-corrected chi connectivity index (χ1v) is 9.35. The van der Waals surface area contributed by atoms with Gasteiger partial charge in [-0.05, 0) is 31.5 Å². The van der Waals surface area contributed by atoms with Crippen LogP contribution in [0.5, 0.6) is 5.75 Å². The Kier molecular flexibility index (Phi) is 6.28. The quantitative estimate of drug-likeness (QED) is 0.761. The van der Waals surface area contributed by atoms with Gasteiger partial charge in [0.15, 0.2) is 0 Å². The maximum Gasteiger partial charge on any atom is 0.227 e. The van der Waals surface area contributed by atoms with Gasteiger partial charge < -0.3 is 14.2 Å². The lowest BCUT2D eigenvalue weighted by Gasteiger charge is -2.35. The second kappa shape index (κ2) is 8.85. The number of nitrogens with zero attached hydrogens (tertiary/aromatic N) is 4. The molecule has 26 heavy (non-hydrogen) atoms. The summed E-state index contributed by atoms with van der Waals surface area (Å²) in [4.78, 5) is 21.2. The van der Waals surface area contributed by atoms with E-state index < -0.39 is 0 Å². The number of carbonyl (C=O) groups is 1. The number of aryl methyl sites for hydroxylation is 1. The fourth-order valence-electron chi connectivity index (χ4n) is 3.27. The molecule has 1 aliphatic rings. The molecule has 140 valence electrons. The Morgan fingerprint density at radius 2 is 1.85 bits per heavy atom. The zero-order chi connectivity index (χ0) is 18.4. The summed E-state index contributed by atoms with van der Waals surface area (Å²) in [5.41, 5.74) is 1.04. The number of benzene rings is 1. The van der Waals surface area contributed by atoms with Gasteiger partial charge in [-0.1, -0.05) is 12.1 Å². The molecule has 0 saturated carbocycles. The lowest BCUT2D eigenvalue weighted by atomic mass is 10.1. The molecule has 0 aliphatic carbocycles. The topological polar surface area (TPSA) is 50.6 Å². The lowest BCUT2D eigenvalue weighted by Crippen LogP contribution is -2.49. The number of piperazine rings is 1. The number of ether oxygens (including phenoxy) is 1. The van der Waals surface area contributed by atoms with Gasteiger partial charge in [-0.15, -0.1) is 0 Å². The number of aromatic nitrogens is 2. The lowest BCUT2D eigenvalue weighted by molar-refractivity contribution is -0.132. The molecule has 0 atom stereocenters. The van der Waals surface area contributed by atoms with Crippen molar-refractivity contribution < 1.29 is 9.53 Å². The monoisotopic (exact) mass is 356 g/mol. The zero-order valence-electron chi connectivity index (χ0n) is 15.7. The maximum absolute atomic E-state index is 12.5. The number of hydrogen-bond donors (Lipinski definition) is 0. The summed E-state index contributed by atoms with van der Waals surface area (Å²) >= 11 is 0. The Labute approximate surface area is 155 Å². The SMILES string of the molecule is CCOc1ccc(CC(=O)N2CCN(CCn3ccnc3C)CC2)cc1. The van der Waals surface area contributed by atoms with Crippen molar-refractivity contribution in [3.8, 4) is 5.75 Å². The Bertz CT molecular complexity index is 703. The summed E-state index contributed by atoms with van der Waals surface area (Å²) in [7, 11) is 0. The van der Waals surface area contributed by atoms with E-state index >= 15 is 0 Å². The maximum atomic E-state index is 12.5. The third-order valence-electron chi connectivity index (χ3n) is 4.90. The highest BCUT2D eigenvalue weighted by atomic mass is 16.5. The minimum absolute atomic E-state index is 0.208. The van der Waals surface area contributed by atoms with Crippen molar-refractivity contribution in [1.29, 1.82) is 0 Å².